The molecule has 4 rings (SSSR count). The van der Waals surface area contributed by atoms with Gasteiger partial charge in [-0.1, -0.05) is 40.9 Å². The largest absolute Gasteiger partial charge is 0.400 e. The highest BCUT2D eigenvalue weighted by molar-refractivity contribution is 9.10. The highest BCUT2D eigenvalue weighted by Crippen LogP contribution is 2.49. The van der Waals surface area contributed by atoms with Gasteiger partial charge >= 0.3 is 6.18 Å². The van der Waals surface area contributed by atoms with E-state index in [4.69, 9.17) is 34.8 Å². The molecule has 3 aromatic rings. The summed E-state index contributed by atoms with van der Waals surface area (Å²) in [5, 5.41) is 4.01. The smallest absolute Gasteiger partial charge is 0.288 e. The molecule has 2 heterocycles. The Labute approximate surface area is 192 Å². The minimum atomic E-state index is -4.57. The first kappa shape index (κ1) is 21.6. The monoisotopic (exact) mass is 536 g/mol. The van der Waals surface area contributed by atoms with E-state index >= 15 is 0 Å². The number of benzene rings is 2. The fourth-order valence-corrected chi connectivity index (χ4v) is 4.56. The zero-order valence-electron chi connectivity index (χ0n) is 14.9. The molecule has 1 aromatic heterocycles. The van der Waals surface area contributed by atoms with Gasteiger partial charge in [-0.05, 0) is 51.3 Å². The van der Waals surface area contributed by atoms with Crippen LogP contribution in [0, 0.1) is 0 Å². The van der Waals surface area contributed by atoms with E-state index < -0.39 is 18.1 Å². The molecule has 0 saturated heterocycles. The van der Waals surface area contributed by atoms with Gasteiger partial charge in [0.1, 0.15) is 18.1 Å². The Bertz CT molecular complexity index is 1130. The third kappa shape index (κ3) is 3.64. The summed E-state index contributed by atoms with van der Waals surface area (Å²) in [5.41, 5.74) is -0.694. The highest BCUT2D eigenvalue weighted by Gasteiger charge is 2.58. The highest BCUT2D eigenvalue weighted by atomic mass is 79.9. The Morgan fingerprint density at radius 1 is 1.07 bits per heavy atom. The van der Waals surface area contributed by atoms with Gasteiger partial charge in [0.25, 0.3) is 0 Å². The minimum Gasteiger partial charge on any atom is -0.288 e. The van der Waals surface area contributed by atoms with Gasteiger partial charge in [0.05, 0.1) is 27.3 Å². The van der Waals surface area contributed by atoms with E-state index in [0.29, 0.717) is 21.4 Å². The molecule has 0 N–H and O–H groups in total. The van der Waals surface area contributed by atoms with Crippen LogP contribution < -0.4 is 0 Å². The maximum atomic E-state index is 14.3. The van der Waals surface area contributed by atoms with Crippen LogP contribution in [-0.4, -0.2) is 33.2 Å². The Morgan fingerprint density at radius 3 is 2.33 bits per heavy atom. The topological polar surface area (TPSA) is 43.1 Å². The predicted octanol–water partition coefficient (Wildman–Crippen LogP) is 6.68. The molecule has 0 radical (unpaired) electrons. The van der Waals surface area contributed by atoms with E-state index in [2.05, 4.69) is 31.0 Å². The van der Waals surface area contributed by atoms with E-state index in [-0.39, 0.29) is 27.1 Å². The van der Waals surface area contributed by atoms with Gasteiger partial charge in [-0.2, -0.15) is 18.3 Å². The van der Waals surface area contributed by atoms with Gasteiger partial charge in [-0.25, -0.2) is 9.67 Å². The quantitative estimate of drug-likeness (QED) is 0.349. The molecule has 0 saturated carbocycles. The second-order valence-electron chi connectivity index (χ2n) is 6.78. The molecule has 1 unspecified atom stereocenters. The first-order chi connectivity index (χ1) is 14.1. The molecule has 1 atom stereocenters. The van der Waals surface area contributed by atoms with E-state index in [1.165, 1.54) is 24.8 Å². The summed E-state index contributed by atoms with van der Waals surface area (Å²) in [6.07, 6.45) is -2.01. The van der Waals surface area contributed by atoms with Crippen molar-refractivity contribution in [3.63, 3.8) is 0 Å². The minimum absolute atomic E-state index is 0.0196. The Kier molecular flexibility index (Phi) is 5.63. The fraction of sp³-hybridized carbons (Fsp3) is 0.211. The van der Waals surface area contributed by atoms with Crippen molar-refractivity contribution >= 4 is 56.4 Å². The summed E-state index contributed by atoms with van der Waals surface area (Å²) in [6, 6.07) is 7.58. The SMILES string of the molecule is FC(F)(F)C1(c2cc(Cl)c(Cl)c(Cl)c2)CN=C(c2ccc(-n3cncn3)c(Br)c2)C1. The van der Waals surface area contributed by atoms with Crippen LogP contribution in [0.4, 0.5) is 13.2 Å². The third-order valence-corrected chi connectivity index (χ3v) is 6.87. The molecule has 2 aromatic carbocycles. The van der Waals surface area contributed by atoms with Gasteiger partial charge in [-0.15, -0.1) is 0 Å². The molecule has 4 nitrogen and oxygen atoms in total. The Balaban J connectivity index is 1.72. The van der Waals surface area contributed by atoms with E-state index in [1.807, 2.05) is 0 Å². The van der Waals surface area contributed by atoms with Crippen molar-refractivity contribution in [1.82, 2.24) is 14.8 Å². The zero-order chi connectivity index (χ0) is 21.7. The van der Waals surface area contributed by atoms with E-state index in [0.717, 1.165) is 0 Å². The van der Waals surface area contributed by atoms with Crippen molar-refractivity contribution in [3.05, 3.63) is 73.7 Å². The average Bonchev–Trinajstić information content (AvgIpc) is 3.35. The predicted molar refractivity (Wildman–Crippen MR) is 114 cm³/mol. The van der Waals surface area contributed by atoms with Crippen LogP contribution in [0.5, 0.6) is 0 Å². The standard InChI is InChI=1S/C19H11BrCl3F3N4/c20-12-3-10(1-2-16(12)30-9-27-8-29-30)15-6-18(7-28-15,19(24,25)26)11-4-13(21)17(23)14(22)5-11/h1-5,8-9H,6-7H2. The summed E-state index contributed by atoms with van der Waals surface area (Å²) in [5.74, 6) is 0. The van der Waals surface area contributed by atoms with E-state index in [9.17, 15) is 13.2 Å². The van der Waals surface area contributed by atoms with Crippen LogP contribution in [0.1, 0.15) is 17.5 Å². The van der Waals surface area contributed by atoms with Gasteiger partial charge in [0.15, 0.2) is 0 Å². The first-order valence-electron chi connectivity index (χ1n) is 8.52. The van der Waals surface area contributed by atoms with Gasteiger partial charge < -0.3 is 0 Å². The molecule has 11 heteroatoms. The summed E-state index contributed by atoms with van der Waals surface area (Å²) in [6.45, 7) is -0.470. The van der Waals surface area contributed by atoms with Crippen LogP contribution in [0.25, 0.3) is 5.69 Å². The molecule has 0 aliphatic carbocycles. The van der Waals surface area contributed by atoms with Gasteiger partial charge in [0, 0.05) is 16.6 Å². The Morgan fingerprint density at radius 2 is 1.77 bits per heavy atom. The number of halogens is 7. The maximum absolute atomic E-state index is 14.3. The lowest BCUT2D eigenvalue weighted by Crippen LogP contribution is -2.43. The summed E-state index contributed by atoms with van der Waals surface area (Å²) in [4.78, 5) is 8.13. The first-order valence-corrected chi connectivity index (χ1v) is 10.4. The number of hydrogen-bond acceptors (Lipinski definition) is 3. The average molecular weight is 539 g/mol. The second kappa shape index (κ2) is 7.82. The molecule has 1 aliphatic heterocycles. The maximum Gasteiger partial charge on any atom is 0.400 e. The molecular weight excluding hydrogens is 527 g/mol. The molecule has 0 fully saturated rings. The van der Waals surface area contributed by atoms with Crippen LogP contribution in [-0.2, 0) is 5.41 Å². The zero-order valence-corrected chi connectivity index (χ0v) is 18.7. The number of aliphatic imine (C=N–C) groups is 1. The van der Waals surface area contributed by atoms with Crippen molar-refractivity contribution in [3.8, 4) is 5.69 Å². The Hall–Kier alpha value is -1.61. The summed E-state index contributed by atoms with van der Waals surface area (Å²) >= 11 is 21.4. The molecule has 1 aliphatic rings. The molecule has 30 heavy (non-hydrogen) atoms. The number of alkyl halides is 3. The summed E-state index contributed by atoms with van der Waals surface area (Å²) in [7, 11) is 0. The van der Waals surface area contributed by atoms with Crippen LogP contribution in [0.3, 0.4) is 0 Å². The van der Waals surface area contributed by atoms with E-state index in [1.54, 1.807) is 22.9 Å². The molecule has 0 spiro atoms. The lowest BCUT2D eigenvalue weighted by atomic mass is 9.76. The lowest BCUT2D eigenvalue weighted by Gasteiger charge is -2.32. The number of hydrogen-bond donors (Lipinski definition) is 0. The number of aromatic nitrogens is 3. The second-order valence-corrected chi connectivity index (χ2v) is 8.83. The van der Waals surface area contributed by atoms with Gasteiger partial charge in [0.2, 0.25) is 0 Å². The molecular formula is C19H11BrCl3F3N4. The van der Waals surface area contributed by atoms with Crippen molar-refractivity contribution in [2.24, 2.45) is 4.99 Å². The number of nitrogens with zero attached hydrogens (tertiary/aromatic N) is 4. The molecule has 0 bridgehead atoms. The van der Waals surface area contributed by atoms with Crippen LogP contribution in [0.2, 0.25) is 15.1 Å². The van der Waals surface area contributed by atoms with Crippen molar-refractivity contribution < 1.29 is 13.2 Å². The van der Waals surface area contributed by atoms with Crippen molar-refractivity contribution in [1.29, 1.82) is 0 Å². The fourth-order valence-electron chi connectivity index (χ4n) is 3.40. The van der Waals surface area contributed by atoms with Crippen molar-refractivity contribution in [2.45, 2.75) is 18.0 Å². The van der Waals surface area contributed by atoms with Gasteiger partial charge in [-0.3, -0.25) is 4.99 Å². The van der Waals surface area contributed by atoms with Crippen LogP contribution >= 0.6 is 50.7 Å². The van der Waals surface area contributed by atoms with Crippen LogP contribution in [0.15, 0.2) is 52.5 Å². The molecule has 156 valence electrons. The normalized spacial score (nSPS) is 19.2. The summed E-state index contributed by atoms with van der Waals surface area (Å²) < 4.78 is 45.0. The third-order valence-electron chi connectivity index (χ3n) is 5.03. The van der Waals surface area contributed by atoms with Crippen molar-refractivity contribution in [2.75, 3.05) is 6.54 Å². The number of rotatable bonds is 3. The molecule has 0 amide bonds. The lowest BCUT2D eigenvalue weighted by molar-refractivity contribution is -0.183.